The largest absolute Gasteiger partial charge is 0.312 e. The number of nitrogens with one attached hydrogen (secondary N) is 1. The molecule has 0 radical (unpaired) electrons. The predicted octanol–water partition coefficient (Wildman–Crippen LogP) is 3.38. The molecule has 0 amide bonds. The van der Waals surface area contributed by atoms with Crippen LogP contribution in [0.2, 0.25) is 0 Å². The molecule has 102 valence electrons. The first kappa shape index (κ1) is 13.6. The molecule has 0 aliphatic heterocycles. The molecule has 1 heterocycles. The van der Waals surface area contributed by atoms with E-state index in [1.165, 1.54) is 31.2 Å². The Morgan fingerprint density at radius 1 is 1.44 bits per heavy atom. The Morgan fingerprint density at radius 3 is 3.00 bits per heavy atom. The Bertz CT molecular complexity index is 356. The van der Waals surface area contributed by atoms with Gasteiger partial charge in [-0.1, -0.05) is 33.6 Å². The highest BCUT2D eigenvalue weighted by atomic mass is 15.3. The standard InChI is InChI=1S/C15H27N3/c1-12(2)8-16-9-14-10-17-18(11-14)15-6-4-5-13(3)7-15/h10-13,15-16H,4-9H2,1-3H3. The lowest BCUT2D eigenvalue weighted by molar-refractivity contribution is 0.266. The SMILES string of the molecule is CC(C)CNCc1cnn(C2CCCC(C)C2)c1. The lowest BCUT2D eigenvalue weighted by Gasteiger charge is -2.26. The molecule has 1 aromatic rings. The summed E-state index contributed by atoms with van der Waals surface area (Å²) in [6, 6.07) is 0.632. The molecule has 0 bridgehead atoms. The van der Waals surface area contributed by atoms with Crippen molar-refractivity contribution >= 4 is 0 Å². The smallest absolute Gasteiger partial charge is 0.0534 e. The molecule has 2 unspecified atom stereocenters. The molecule has 1 N–H and O–H groups in total. The van der Waals surface area contributed by atoms with Crippen molar-refractivity contribution in [1.29, 1.82) is 0 Å². The van der Waals surface area contributed by atoms with Gasteiger partial charge in [0.05, 0.1) is 12.2 Å². The average molecular weight is 249 g/mol. The topological polar surface area (TPSA) is 29.9 Å². The number of rotatable bonds is 5. The second-order valence-corrected chi connectivity index (χ2v) is 6.28. The van der Waals surface area contributed by atoms with Crippen LogP contribution >= 0.6 is 0 Å². The highest BCUT2D eigenvalue weighted by Crippen LogP contribution is 2.31. The first-order valence-corrected chi connectivity index (χ1v) is 7.39. The van der Waals surface area contributed by atoms with Crippen LogP contribution in [0, 0.1) is 11.8 Å². The van der Waals surface area contributed by atoms with E-state index >= 15 is 0 Å². The maximum absolute atomic E-state index is 4.55. The van der Waals surface area contributed by atoms with E-state index in [-0.39, 0.29) is 0 Å². The van der Waals surface area contributed by atoms with E-state index in [4.69, 9.17) is 0 Å². The Balaban J connectivity index is 1.85. The Hall–Kier alpha value is -0.830. The van der Waals surface area contributed by atoms with Gasteiger partial charge in [0.15, 0.2) is 0 Å². The Morgan fingerprint density at radius 2 is 2.28 bits per heavy atom. The minimum Gasteiger partial charge on any atom is -0.312 e. The lowest BCUT2D eigenvalue weighted by atomic mass is 9.87. The van der Waals surface area contributed by atoms with E-state index in [9.17, 15) is 0 Å². The van der Waals surface area contributed by atoms with Crippen LogP contribution in [0.5, 0.6) is 0 Å². The third kappa shape index (κ3) is 3.84. The van der Waals surface area contributed by atoms with Gasteiger partial charge in [-0.05, 0) is 31.2 Å². The molecule has 0 saturated heterocycles. The molecular weight excluding hydrogens is 222 g/mol. The molecule has 3 heteroatoms. The fourth-order valence-corrected chi connectivity index (χ4v) is 2.82. The highest BCUT2D eigenvalue weighted by Gasteiger charge is 2.20. The van der Waals surface area contributed by atoms with Crippen molar-refractivity contribution in [3.8, 4) is 0 Å². The van der Waals surface area contributed by atoms with Crippen molar-refractivity contribution in [3.05, 3.63) is 18.0 Å². The van der Waals surface area contributed by atoms with Gasteiger partial charge in [0, 0.05) is 18.3 Å². The zero-order chi connectivity index (χ0) is 13.0. The molecule has 1 aromatic heterocycles. The van der Waals surface area contributed by atoms with Gasteiger partial charge in [-0.15, -0.1) is 0 Å². The van der Waals surface area contributed by atoms with Gasteiger partial charge in [-0.2, -0.15) is 5.10 Å². The van der Waals surface area contributed by atoms with Gasteiger partial charge in [0.1, 0.15) is 0 Å². The monoisotopic (exact) mass is 249 g/mol. The van der Waals surface area contributed by atoms with E-state index in [0.29, 0.717) is 12.0 Å². The fraction of sp³-hybridized carbons (Fsp3) is 0.800. The van der Waals surface area contributed by atoms with Gasteiger partial charge in [0.2, 0.25) is 0 Å². The van der Waals surface area contributed by atoms with E-state index < -0.39 is 0 Å². The minimum atomic E-state index is 0.632. The van der Waals surface area contributed by atoms with Gasteiger partial charge < -0.3 is 5.32 Å². The average Bonchev–Trinajstić information content (AvgIpc) is 2.77. The van der Waals surface area contributed by atoms with Crippen LogP contribution in [0.15, 0.2) is 12.4 Å². The predicted molar refractivity (Wildman–Crippen MR) is 75.4 cm³/mol. The number of aromatic nitrogens is 2. The Labute approximate surface area is 111 Å². The van der Waals surface area contributed by atoms with E-state index in [1.54, 1.807) is 0 Å². The summed E-state index contributed by atoms with van der Waals surface area (Å²) in [4.78, 5) is 0. The summed E-state index contributed by atoms with van der Waals surface area (Å²) in [6.07, 6.45) is 9.58. The summed E-state index contributed by atoms with van der Waals surface area (Å²) in [5.41, 5.74) is 1.31. The Kier molecular flexibility index (Phi) is 4.81. The van der Waals surface area contributed by atoms with Crippen molar-refractivity contribution in [2.24, 2.45) is 11.8 Å². The first-order chi connectivity index (χ1) is 8.65. The third-order valence-corrected chi connectivity index (χ3v) is 3.82. The molecule has 0 spiro atoms. The molecule has 2 atom stereocenters. The molecule has 2 rings (SSSR count). The van der Waals surface area contributed by atoms with E-state index in [2.05, 4.69) is 42.1 Å². The van der Waals surface area contributed by atoms with Crippen molar-refractivity contribution in [2.75, 3.05) is 6.54 Å². The van der Waals surface area contributed by atoms with Crippen molar-refractivity contribution in [3.63, 3.8) is 0 Å². The number of hydrogen-bond donors (Lipinski definition) is 1. The van der Waals surface area contributed by atoms with E-state index in [1.807, 2.05) is 6.20 Å². The molecule has 18 heavy (non-hydrogen) atoms. The quantitative estimate of drug-likeness (QED) is 0.867. The molecule has 1 fully saturated rings. The maximum Gasteiger partial charge on any atom is 0.0534 e. The second kappa shape index (κ2) is 6.37. The van der Waals surface area contributed by atoms with Crippen LogP contribution in [0.25, 0.3) is 0 Å². The number of nitrogens with zero attached hydrogens (tertiary/aromatic N) is 2. The summed E-state index contributed by atoms with van der Waals surface area (Å²) < 4.78 is 2.20. The molecule has 1 aliphatic rings. The van der Waals surface area contributed by atoms with Crippen LogP contribution in [-0.2, 0) is 6.54 Å². The van der Waals surface area contributed by atoms with Crippen LogP contribution in [0.4, 0.5) is 0 Å². The lowest BCUT2D eigenvalue weighted by Crippen LogP contribution is -2.19. The van der Waals surface area contributed by atoms with Crippen molar-refractivity contribution < 1.29 is 0 Å². The van der Waals surface area contributed by atoms with Gasteiger partial charge in [-0.3, -0.25) is 4.68 Å². The van der Waals surface area contributed by atoms with Crippen LogP contribution in [0.3, 0.4) is 0 Å². The fourth-order valence-electron chi connectivity index (χ4n) is 2.82. The van der Waals surface area contributed by atoms with Gasteiger partial charge >= 0.3 is 0 Å². The molecule has 1 aliphatic carbocycles. The normalized spacial score (nSPS) is 24.7. The minimum absolute atomic E-state index is 0.632. The maximum atomic E-state index is 4.55. The van der Waals surface area contributed by atoms with Crippen molar-refractivity contribution in [2.45, 2.75) is 59.0 Å². The van der Waals surface area contributed by atoms with Crippen molar-refractivity contribution in [1.82, 2.24) is 15.1 Å². The molecule has 1 saturated carbocycles. The van der Waals surface area contributed by atoms with E-state index in [0.717, 1.165) is 19.0 Å². The first-order valence-electron chi connectivity index (χ1n) is 7.39. The van der Waals surface area contributed by atoms with Crippen LogP contribution in [-0.4, -0.2) is 16.3 Å². The summed E-state index contributed by atoms with van der Waals surface area (Å²) in [6.45, 7) is 8.85. The molecule has 0 aromatic carbocycles. The van der Waals surface area contributed by atoms with Crippen LogP contribution < -0.4 is 5.32 Å². The molecular formula is C15H27N3. The summed E-state index contributed by atoms with van der Waals surface area (Å²) in [5.74, 6) is 1.56. The highest BCUT2D eigenvalue weighted by molar-refractivity contribution is 5.04. The second-order valence-electron chi connectivity index (χ2n) is 6.28. The summed E-state index contributed by atoms with van der Waals surface area (Å²) in [5, 5.41) is 8.02. The summed E-state index contributed by atoms with van der Waals surface area (Å²) >= 11 is 0. The van der Waals surface area contributed by atoms with Gasteiger partial charge in [-0.25, -0.2) is 0 Å². The zero-order valence-corrected chi connectivity index (χ0v) is 12.0. The zero-order valence-electron chi connectivity index (χ0n) is 12.0. The summed E-state index contributed by atoms with van der Waals surface area (Å²) in [7, 11) is 0. The third-order valence-electron chi connectivity index (χ3n) is 3.82. The van der Waals surface area contributed by atoms with Gasteiger partial charge in [0.25, 0.3) is 0 Å². The number of hydrogen-bond acceptors (Lipinski definition) is 2. The van der Waals surface area contributed by atoms with Crippen LogP contribution in [0.1, 0.15) is 58.1 Å². The molecule has 3 nitrogen and oxygen atoms in total.